The molecule has 4 heteroatoms. The van der Waals surface area contributed by atoms with Gasteiger partial charge in [0.25, 0.3) is 0 Å². The van der Waals surface area contributed by atoms with Crippen molar-refractivity contribution in [1.29, 1.82) is 0 Å². The van der Waals surface area contributed by atoms with Crippen molar-refractivity contribution in [1.82, 2.24) is 4.90 Å². The summed E-state index contributed by atoms with van der Waals surface area (Å²) in [7, 11) is 0. The van der Waals surface area contributed by atoms with Gasteiger partial charge in [-0.3, -0.25) is 9.59 Å². The van der Waals surface area contributed by atoms with Crippen LogP contribution in [0, 0.1) is 0 Å². The average molecular weight is 322 g/mol. The topological polar surface area (TPSA) is 49.4 Å². The molecular formula is C20H22N2O2. The highest BCUT2D eigenvalue weighted by Gasteiger charge is 2.19. The number of likely N-dealkylation sites (tertiary alicyclic amines) is 1. The van der Waals surface area contributed by atoms with E-state index < -0.39 is 0 Å². The first-order valence-electron chi connectivity index (χ1n) is 8.41. The molecule has 0 spiro atoms. The number of anilines is 1. The van der Waals surface area contributed by atoms with Crippen LogP contribution < -0.4 is 5.32 Å². The molecule has 1 aliphatic rings. The molecule has 0 saturated carbocycles. The van der Waals surface area contributed by atoms with Gasteiger partial charge in [0.05, 0.1) is 0 Å². The lowest BCUT2D eigenvalue weighted by molar-refractivity contribution is -0.128. The SMILES string of the molecule is O=C(CCc1ccccc1)Nc1cccc(CN2CCCC2=O)c1. The van der Waals surface area contributed by atoms with Gasteiger partial charge in [-0.05, 0) is 36.1 Å². The lowest BCUT2D eigenvalue weighted by Crippen LogP contribution is -2.23. The molecule has 4 nitrogen and oxygen atoms in total. The molecule has 1 heterocycles. The number of carbonyl (C=O) groups excluding carboxylic acids is 2. The Morgan fingerprint density at radius 2 is 1.83 bits per heavy atom. The second-order valence-corrected chi connectivity index (χ2v) is 6.15. The van der Waals surface area contributed by atoms with E-state index in [1.165, 1.54) is 0 Å². The molecule has 1 N–H and O–H groups in total. The van der Waals surface area contributed by atoms with E-state index >= 15 is 0 Å². The first kappa shape index (κ1) is 16.2. The van der Waals surface area contributed by atoms with E-state index in [4.69, 9.17) is 0 Å². The number of benzene rings is 2. The van der Waals surface area contributed by atoms with Crippen LogP contribution in [0.15, 0.2) is 54.6 Å². The standard InChI is InChI=1S/C20H22N2O2/c23-19(12-11-16-6-2-1-3-7-16)21-18-9-4-8-17(14-18)15-22-13-5-10-20(22)24/h1-4,6-9,14H,5,10-13,15H2,(H,21,23). The number of carbonyl (C=O) groups is 2. The summed E-state index contributed by atoms with van der Waals surface area (Å²) in [5.41, 5.74) is 3.00. The molecule has 2 aromatic rings. The summed E-state index contributed by atoms with van der Waals surface area (Å²) in [6, 6.07) is 17.7. The molecule has 2 amide bonds. The van der Waals surface area contributed by atoms with Gasteiger partial charge in [-0.25, -0.2) is 0 Å². The van der Waals surface area contributed by atoms with Crippen molar-refractivity contribution >= 4 is 17.5 Å². The number of nitrogens with zero attached hydrogens (tertiary/aromatic N) is 1. The monoisotopic (exact) mass is 322 g/mol. The molecule has 0 radical (unpaired) electrons. The summed E-state index contributed by atoms with van der Waals surface area (Å²) in [4.78, 5) is 25.7. The minimum Gasteiger partial charge on any atom is -0.338 e. The molecular weight excluding hydrogens is 300 g/mol. The number of rotatable bonds is 6. The number of hydrogen-bond donors (Lipinski definition) is 1. The van der Waals surface area contributed by atoms with Crippen molar-refractivity contribution in [3.8, 4) is 0 Å². The maximum atomic E-state index is 12.1. The van der Waals surface area contributed by atoms with Gasteiger partial charge in [-0.1, -0.05) is 42.5 Å². The Bertz CT molecular complexity index is 713. The van der Waals surface area contributed by atoms with Gasteiger partial charge >= 0.3 is 0 Å². The van der Waals surface area contributed by atoms with Crippen molar-refractivity contribution in [3.05, 3.63) is 65.7 Å². The third-order valence-corrected chi connectivity index (χ3v) is 4.24. The second kappa shape index (κ2) is 7.77. The van der Waals surface area contributed by atoms with Crippen LogP contribution in [0.1, 0.15) is 30.4 Å². The molecule has 0 atom stereocenters. The highest BCUT2D eigenvalue weighted by molar-refractivity contribution is 5.90. The minimum atomic E-state index is 0.00764. The zero-order valence-electron chi connectivity index (χ0n) is 13.7. The van der Waals surface area contributed by atoms with Gasteiger partial charge < -0.3 is 10.2 Å². The molecule has 0 aromatic heterocycles. The predicted molar refractivity (Wildman–Crippen MR) is 94.5 cm³/mol. The molecule has 1 aliphatic heterocycles. The highest BCUT2D eigenvalue weighted by atomic mass is 16.2. The molecule has 0 bridgehead atoms. The predicted octanol–water partition coefficient (Wildman–Crippen LogP) is 3.38. The van der Waals surface area contributed by atoms with Crippen molar-refractivity contribution in [2.24, 2.45) is 0 Å². The molecule has 0 aliphatic carbocycles. The van der Waals surface area contributed by atoms with Gasteiger partial charge in [0, 0.05) is 31.6 Å². The van der Waals surface area contributed by atoms with Crippen LogP contribution in [-0.2, 0) is 22.6 Å². The lowest BCUT2D eigenvalue weighted by Gasteiger charge is -2.16. The Balaban J connectivity index is 1.54. The van der Waals surface area contributed by atoms with Gasteiger partial charge in [-0.2, -0.15) is 0 Å². The van der Waals surface area contributed by atoms with Crippen LogP contribution in [0.3, 0.4) is 0 Å². The van der Waals surface area contributed by atoms with E-state index in [1.807, 2.05) is 59.5 Å². The lowest BCUT2D eigenvalue weighted by atomic mass is 10.1. The Morgan fingerprint density at radius 1 is 1.04 bits per heavy atom. The van der Waals surface area contributed by atoms with Gasteiger partial charge in [0.15, 0.2) is 0 Å². The number of aryl methyl sites for hydroxylation is 1. The van der Waals surface area contributed by atoms with Crippen LogP contribution in [0.2, 0.25) is 0 Å². The summed E-state index contributed by atoms with van der Waals surface area (Å²) in [5.74, 6) is 0.223. The van der Waals surface area contributed by atoms with Crippen LogP contribution in [-0.4, -0.2) is 23.3 Å². The molecule has 3 rings (SSSR count). The third kappa shape index (κ3) is 4.44. The van der Waals surface area contributed by atoms with Crippen LogP contribution >= 0.6 is 0 Å². The minimum absolute atomic E-state index is 0.00764. The van der Waals surface area contributed by atoms with E-state index in [-0.39, 0.29) is 11.8 Å². The van der Waals surface area contributed by atoms with Crippen LogP contribution in [0.4, 0.5) is 5.69 Å². The third-order valence-electron chi connectivity index (χ3n) is 4.24. The summed E-state index contributed by atoms with van der Waals surface area (Å²) in [6.07, 6.45) is 2.78. The highest BCUT2D eigenvalue weighted by Crippen LogP contribution is 2.17. The summed E-state index contributed by atoms with van der Waals surface area (Å²) in [6.45, 7) is 1.44. The molecule has 0 unspecified atom stereocenters. The van der Waals surface area contributed by atoms with Crippen LogP contribution in [0.25, 0.3) is 0 Å². The summed E-state index contributed by atoms with van der Waals surface area (Å²) in [5, 5.41) is 2.95. The van der Waals surface area contributed by atoms with Crippen molar-refractivity contribution < 1.29 is 9.59 Å². The quantitative estimate of drug-likeness (QED) is 0.886. The van der Waals surface area contributed by atoms with Crippen molar-refractivity contribution in [3.63, 3.8) is 0 Å². The fourth-order valence-electron chi connectivity index (χ4n) is 2.97. The van der Waals surface area contributed by atoms with Gasteiger partial charge in [0.2, 0.25) is 11.8 Å². The molecule has 1 saturated heterocycles. The van der Waals surface area contributed by atoms with Gasteiger partial charge in [0.1, 0.15) is 0 Å². The maximum Gasteiger partial charge on any atom is 0.224 e. The largest absolute Gasteiger partial charge is 0.338 e. The average Bonchev–Trinajstić information content (AvgIpc) is 2.99. The van der Waals surface area contributed by atoms with E-state index in [2.05, 4.69) is 5.32 Å². The summed E-state index contributed by atoms with van der Waals surface area (Å²) >= 11 is 0. The zero-order valence-corrected chi connectivity index (χ0v) is 13.7. The Hall–Kier alpha value is -2.62. The van der Waals surface area contributed by atoms with Crippen LogP contribution in [0.5, 0.6) is 0 Å². The zero-order chi connectivity index (χ0) is 16.8. The Morgan fingerprint density at radius 3 is 2.58 bits per heavy atom. The first-order chi connectivity index (χ1) is 11.7. The molecule has 124 valence electrons. The van der Waals surface area contributed by atoms with E-state index in [1.54, 1.807) is 0 Å². The van der Waals surface area contributed by atoms with Crippen molar-refractivity contribution in [2.75, 3.05) is 11.9 Å². The molecule has 1 fully saturated rings. The fourth-order valence-corrected chi connectivity index (χ4v) is 2.97. The first-order valence-corrected chi connectivity index (χ1v) is 8.41. The van der Waals surface area contributed by atoms with E-state index in [9.17, 15) is 9.59 Å². The molecule has 2 aromatic carbocycles. The van der Waals surface area contributed by atoms with Crippen molar-refractivity contribution in [2.45, 2.75) is 32.2 Å². The number of amides is 2. The summed E-state index contributed by atoms with van der Waals surface area (Å²) < 4.78 is 0. The number of nitrogens with one attached hydrogen (secondary N) is 1. The smallest absolute Gasteiger partial charge is 0.224 e. The van der Waals surface area contributed by atoms with E-state index in [0.29, 0.717) is 19.4 Å². The normalized spacial score (nSPS) is 14.0. The maximum absolute atomic E-state index is 12.1. The molecule has 24 heavy (non-hydrogen) atoms. The van der Waals surface area contributed by atoms with E-state index in [0.717, 1.165) is 36.2 Å². The number of hydrogen-bond acceptors (Lipinski definition) is 2. The fraction of sp³-hybridized carbons (Fsp3) is 0.300. The Labute approximate surface area is 142 Å². The Kier molecular flexibility index (Phi) is 5.26. The second-order valence-electron chi connectivity index (χ2n) is 6.15. The van der Waals surface area contributed by atoms with Gasteiger partial charge in [-0.15, -0.1) is 0 Å².